The molecule has 64 valence electrons. The van der Waals surface area contributed by atoms with Gasteiger partial charge in [-0.2, -0.15) is 0 Å². The topological polar surface area (TPSA) is 52.1 Å². The number of hydrogen-bond acceptors (Lipinski definition) is 5. The van der Waals surface area contributed by atoms with Crippen molar-refractivity contribution in [3.05, 3.63) is 16.6 Å². The van der Waals surface area contributed by atoms with E-state index in [1.807, 2.05) is 0 Å². The standard InChI is InChI=1S/C7H8N2O2S/c1-5(7(10)11-2)3-6-4-12-9-8-6/h3-4H,1-2H3/b5-3+. The van der Waals surface area contributed by atoms with Gasteiger partial charge in [-0.25, -0.2) is 4.79 Å². The van der Waals surface area contributed by atoms with Gasteiger partial charge in [0.1, 0.15) is 0 Å². The summed E-state index contributed by atoms with van der Waals surface area (Å²) in [6.45, 7) is 1.67. The second kappa shape index (κ2) is 3.96. The van der Waals surface area contributed by atoms with Crippen LogP contribution in [0.5, 0.6) is 0 Å². The van der Waals surface area contributed by atoms with Gasteiger partial charge >= 0.3 is 5.97 Å². The van der Waals surface area contributed by atoms with Crippen molar-refractivity contribution < 1.29 is 9.53 Å². The molecule has 0 saturated heterocycles. The van der Waals surface area contributed by atoms with E-state index in [0.29, 0.717) is 11.3 Å². The lowest BCUT2D eigenvalue weighted by atomic mass is 10.2. The zero-order valence-corrected chi connectivity index (χ0v) is 7.59. The van der Waals surface area contributed by atoms with Crippen molar-refractivity contribution in [3.8, 4) is 0 Å². The Kier molecular flexibility index (Phi) is 2.93. The molecule has 0 bridgehead atoms. The van der Waals surface area contributed by atoms with Crippen molar-refractivity contribution in [2.45, 2.75) is 6.92 Å². The molecule has 0 aromatic carbocycles. The van der Waals surface area contributed by atoms with Gasteiger partial charge in [-0.1, -0.05) is 4.49 Å². The van der Waals surface area contributed by atoms with E-state index in [0.717, 1.165) is 0 Å². The highest BCUT2D eigenvalue weighted by atomic mass is 32.1. The van der Waals surface area contributed by atoms with Crippen LogP contribution in [0.25, 0.3) is 6.08 Å². The predicted molar refractivity (Wildman–Crippen MR) is 45.6 cm³/mol. The lowest BCUT2D eigenvalue weighted by Gasteiger charge is -1.95. The molecule has 0 aliphatic rings. The molecule has 4 nitrogen and oxygen atoms in total. The fraction of sp³-hybridized carbons (Fsp3) is 0.286. The van der Waals surface area contributed by atoms with Crippen LogP contribution < -0.4 is 0 Å². The van der Waals surface area contributed by atoms with Crippen LogP contribution in [0, 0.1) is 0 Å². The summed E-state index contributed by atoms with van der Waals surface area (Å²) in [4.78, 5) is 10.9. The summed E-state index contributed by atoms with van der Waals surface area (Å²) in [7, 11) is 1.35. The van der Waals surface area contributed by atoms with E-state index < -0.39 is 0 Å². The van der Waals surface area contributed by atoms with Crippen molar-refractivity contribution in [2.24, 2.45) is 0 Å². The van der Waals surface area contributed by atoms with Crippen LogP contribution in [0.15, 0.2) is 11.0 Å². The van der Waals surface area contributed by atoms with Gasteiger partial charge in [-0.05, 0) is 24.5 Å². The maximum Gasteiger partial charge on any atom is 0.333 e. The number of esters is 1. The highest BCUT2D eigenvalue weighted by molar-refractivity contribution is 7.03. The van der Waals surface area contributed by atoms with Crippen molar-refractivity contribution in [3.63, 3.8) is 0 Å². The minimum absolute atomic E-state index is 0.344. The lowest BCUT2D eigenvalue weighted by molar-refractivity contribution is -0.135. The predicted octanol–water partition coefficient (Wildman–Crippen LogP) is 1.11. The number of aromatic nitrogens is 2. The fourth-order valence-corrected chi connectivity index (χ4v) is 1.09. The van der Waals surface area contributed by atoms with Gasteiger partial charge in [0.05, 0.1) is 12.8 Å². The lowest BCUT2D eigenvalue weighted by Crippen LogP contribution is -2.00. The SMILES string of the molecule is COC(=O)/C(C)=C/c1csnn1. The number of hydrogen-bond donors (Lipinski definition) is 0. The average molecular weight is 184 g/mol. The maximum absolute atomic E-state index is 10.9. The first-order chi connectivity index (χ1) is 5.74. The fourth-order valence-electron chi connectivity index (χ4n) is 0.676. The Bertz CT molecular complexity index is 292. The van der Waals surface area contributed by atoms with Gasteiger partial charge in [0, 0.05) is 11.0 Å². The molecule has 0 fully saturated rings. The van der Waals surface area contributed by atoms with Crippen LogP contribution in [0.3, 0.4) is 0 Å². The van der Waals surface area contributed by atoms with Gasteiger partial charge in [-0.15, -0.1) is 5.10 Å². The molecule has 0 saturated carbocycles. The molecule has 1 aromatic rings. The summed E-state index contributed by atoms with van der Waals surface area (Å²) in [5.74, 6) is -0.344. The second-order valence-electron chi connectivity index (χ2n) is 2.15. The van der Waals surface area contributed by atoms with E-state index in [9.17, 15) is 4.79 Å². The number of rotatable bonds is 2. The molecular formula is C7H8N2O2S. The Labute approximate surface area is 74.0 Å². The summed E-state index contributed by atoms with van der Waals surface area (Å²) in [6.07, 6.45) is 1.63. The first-order valence-electron chi connectivity index (χ1n) is 3.27. The Morgan fingerprint density at radius 1 is 1.75 bits per heavy atom. The molecule has 0 unspecified atom stereocenters. The molecule has 1 rings (SSSR count). The number of methoxy groups -OCH3 is 1. The summed E-state index contributed by atoms with van der Waals surface area (Å²) in [6, 6.07) is 0. The van der Waals surface area contributed by atoms with Crippen LogP contribution in [-0.4, -0.2) is 22.7 Å². The van der Waals surface area contributed by atoms with Crippen LogP contribution >= 0.6 is 11.5 Å². The summed E-state index contributed by atoms with van der Waals surface area (Å²) in [5, 5.41) is 5.51. The van der Waals surface area contributed by atoms with Crippen molar-refractivity contribution in [1.29, 1.82) is 0 Å². The third-order valence-electron chi connectivity index (χ3n) is 1.25. The number of nitrogens with zero attached hydrogens (tertiary/aromatic N) is 2. The number of carbonyl (C=O) groups is 1. The highest BCUT2D eigenvalue weighted by Gasteiger charge is 2.03. The molecule has 0 aliphatic carbocycles. The molecule has 0 N–H and O–H groups in total. The maximum atomic E-state index is 10.9. The van der Waals surface area contributed by atoms with E-state index in [1.54, 1.807) is 18.4 Å². The minimum Gasteiger partial charge on any atom is -0.466 e. The summed E-state index contributed by atoms with van der Waals surface area (Å²) >= 11 is 1.24. The van der Waals surface area contributed by atoms with Gasteiger partial charge < -0.3 is 4.74 Å². The monoisotopic (exact) mass is 184 g/mol. The molecule has 5 heteroatoms. The molecular weight excluding hydrogens is 176 g/mol. The normalized spacial score (nSPS) is 11.3. The van der Waals surface area contributed by atoms with E-state index >= 15 is 0 Å². The third-order valence-corrected chi connectivity index (χ3v) is 1.77. The smallest absolute Gasteiger partial charge is 0.333 e. The van der Waals surface area contributed by atoms with Gasteiger partial charge in [0.2, 0.25) is 0 Å². The van der Waals surface area contributed by atoms with Gasteiger partial charge in [0.15, 0.2) is 0 Å². The summed E-state index contributed by atoms with van der Waals surface area (Å²) < 4.78 is 8.16. The Balaban J connectivity index is 2.76. The van der Waals surface area contributed by atoms with Crippen LogP contribution in [0.2, 0.25) is 0 Å². The Hall–Kier alpha value is -1.23. The molecule has 0 radical (unpaired) electrons. The van der Waals surface area contributed by atoms with Crippen LogP contribution in [0.1, 0.15) is 12.6 Å². The van der Waals surface area contributed by atoms with Gasteiger partial charge in [0.25, 0.3) is 0 Å². The third kappa shape index (κ3) is 2.13. The van der Waals surface area contributed by atoms with Gasteiger partial charge in [-0.3, -0.25) is 0 Å². The van der Waals surface area contributed by atoms with E-state index in [1.165, 1.54) is 18.6 Å². The minimum atomic E-state index is -0.344. The van der Waals surface area contributed by atoms with Crippen molar-refractivity contribution in [1.82, 2.24) is 9.59 Å². The zero-order valence-electron chi connectivity index (χ0n) is 6.77. The van der Waals surface area contributed by atoms with E-state index in [2.05, 4.69) is 14.3 Å². The van der Waals surface area contributed by atoms with Crippen LogP contribution in [0.4, 0.5) is 0 Å². The summed E-state index contributed by atoms with van der Waals surface area (Å²) in [5.41, 5.74) is 1.20. The quantitative estimate of drug-likeness (QED) is 0.510. The molecule has 1 aromatic heterocycles. The van der Waals surface area contributed by atoms with Crippen LogP contribution in [-0.2, 0) is 9.53 Å². The molecule has 0 aliphatic heterocycles. The van der Waals surface area contributed by atoms with E-state index in [4.69, 9.17) is 0 Å². The molecule has 1 heterocycles. The number of ether oxygens (including phenoxy) is 1. The molecule has 0 atom stereocenters. The highest BCUT2D eigenvalue weighted by Crippen LogP contribution is 2.05. The largest absolute Gasteiger partial charge is 0.466 e. The Morgan fingerprint density at radius 2 is 2.50 bits per heavy atom. The Morgan fingerprint density at radius 3 is 3.00 bits per heavy atom. The number of carbonyl (C=O) groups excluding carboxylic acids is 1. The van der Waals surface area contributed by atoms with Crippen molar-refractivity contribution >= 4 is 23.6 Å². The molecule has 0 amide bonds. The average Bonchev–Trinajstić information content (AvgIpc) is 2.55. The second-order valence-corrected chi connectivity index (χ2v) is 2.76. The van der Waals surface area contributed by atoms with E-state index in [-0.39, 0.29) is 5.97 Å². The zero-order chi connectivity index (χ0) is 8.97. The first-order valence-corrected chi connectivity index (χ1v) is 4.11. The molecule has 0 spiro atoms. The molecule has 12 heavy (non-hydrogen) atoms. The first kappa shape index (κ1) is 8.86. The van der Waals surface area contributed by atoms with Crippen molar-refractivity contribution in [2.75, 3.05) is 7.11 Å².